The van der Waals surface area contributed by atoms with Crippen LogP contribution in [-0.4, -0.2) is 48.5 Å². The molecule has 6 nitrogen and oxygen atoms in total. The van der Waals surface area contributed by atoms with Crippen LogP contribution in [0.25, 0.3) is 0 Å². The highest BCUT2D eigenvalue weighted by Gasteiger charge is 2.23. The minimum atomic E-state index is -0.818. The van der Waals surface area contributed by atoms with E-state index in [-0.39, 0.29) is 18.6 Å². The van der Waals surface area contributed by atoms with E-state index in [1.807, 2.05) is 20.1 Å². The number of ether oxygens (including phenoxy) is 1. The van der Waals surface area contributed by atoms with E-state index < -0.39 is 17.9 Å². The first-order valence-electron chi connectivity index (χ1n) is 8.88. The Kier molecular flexibility index (Phi) is 10.9. The van der Waals surface area contributed by atoms with Crippen molar-refractivity contribution in [1.29, 1.82) is 0 Å². The number of thioether (sulfide) groups is 1. The second-order valence-electron chi connectivity index (χ2n) is 6.18. The minimum Gasteiger partial charge on any atom is -0.454 e. The summed E-state index contributed by atoms with van der Waals surface area (Å²) in [4.78, 5) is 36.5. The van der Waals surface area contributed by atoms with Crippen LogP contribution in [0.5, 0.6) is 0 Å². The maximum Gasteiger partial charge on any atom is 0.329 e. The Hall–Kier alpha value is -1.73. The average Bonchev–Trinajstić information content (AvgIpc) is 2.63. The fourth-order valence-corrected chi connectivity index (χ4v) is 2.98. The molecule has 0 aliphatic heterocycles. The third-order valence-electron chi connectivity index (χ3n) is 3.78. The van der Waals surface area contributed by atoms with Gasteiger partial charge < -0.3 is 15.4 Å². The van der Waals surface area contributed by atoms with Crippen LogP contribution in [0.15, 0.2) is 24.3 Å². The SMILES string of the molecule is CCC[C@H](C)NC(=O)COC(=O)[C@H](CCSC)NC(=O)c1ccc(Cl)cc1. The molecule has 2 amide bonds. The van der Waals surface area contributed by atoms with E-state index in [1.165, 1.54) is 0 Å². The molecule has 1 rings (SSSR count). The van der Waals surface area contributed by atoms with Gasteiger partial charge in [-0.05, 0) is 56.0 Å². The summed E-state index contributed by atoms with van der Waals surface area (Å²) >= 11 is 7.38. The lowest BCUT2D eigenvalue weighted by atomic mass is 10.1. The quantitative estimate of drug-likeness (QED) is 0.543. The lowest BCUT2D eigenvalue weighted by molar-refractivity contribution is -0.150. The Bertz CT molecular complexity index is 625. The molecule has 0 aliphatic rings. The highest BCUT2D eigenvalue weighted by Crippen LogP contribution is 2.10. The smallest absolute Gasteiger partial charge is 0.329 e. The van der Waals surface area contributed by atoms with Crippen molar-refractivity contribution in [2.75, 3.05) is 18.6 Å². The zero-order valence-corrected chi connectivity index (χ0v) is 17.5. The van der Waals surface area contributed by atoms with Crippen molar-refractivity contribution in [3.05, 3.63) is 34.9 Å². The van der Waals surface area contributed by atoms with Crippen LogP contribution in [-0.2, 0) is 14.3 Å². The van der Waals surface area contributed by atoms with Gasteiger partial charge in [-0.1, -0.05) is 24.9 Å². The molecule has 1 aromatic carbocycles. The monoisotopic (exact) mass is 414 g/mol. The van der Waals surface area contributed by atoms with Crippen molar-refractivity contribution in [3.63, 3.8) is 0 Å². The number of hydrogen-bond donors (Lipinski definition) is 2. The molecule has 0 unspecified atom stereocenters. The van der Waals surface area contributed by atoms with Crippen LogP contribution in [0.2, 0.25) is 5.02 Å². The molecule has 0 saturated carbocycles. The molecule has 0 aliphatic carbocycles. The third kappa shape index (κ3) is 9.15. The second kappa shape index (κ2) is 12.6. The van der Waals surface area contributed by atoms with E-state index in [4.69, 9.17) is 16.3 Å². The summed E-state index contributed by atoms with van der Waals surface area (Å²) in [7, 11) is 0. The van der Waals surface area contributed by atoms with E-state index in [0.717, 1.165) is 12.8 Å². The number of benzene rings is 1. The van der Waals surface area contributed by atoms with Crippen LogP contribution in [0.4, 0.5) is 0 Å². The topological polar surface area (TPSA) is 84.5 Å². The Balaban J connectivity index is 2.61. The Morgan fingerprint density at radius 3 is 2.41 bits per heavy atom. The first kappa shape index (κ1) is 23.3. The van der Waals surface area contributed by atoms with Gasteiger partial charge in [-0.15, -0.1) is 0 Å². The van der Waals surface area contributed by atoms with Gasteiger partial charge in [0, 0.05) is 16.6 Å². The van der Waals surface area contributed by atoms with Crippen LogP contribution in [0.1, 0.15) is 43.5 Å². The normalized spacial score (nSPS) is 12.7. The highest BCUT2D eigenvalue weighted by molar-refractivity contribution is 7.98. The molecule has 0 spiro atoms. The molecule has 0 saturated heterocycles. The molecule has 0 radical (unpaired) electrons. The number of rotatable bonds is 11. The predicted octanol–water partition coefficient (Wildman–Crippen LogP) is 3.04. The number of amides is 2. The minimum absolute atomic E-state index is 0.0260. The number of hydrogen-bond acceptors (Lipinski definition) is 5. The molecular weight excluding hydrogens is 388 g/mol. The number of nitrogens with one attached hydrogen (secondary N) is 2. The summed E-state index contributed by atoms with van der Waals surface area (Å²) in [6, 6.07) is 5.58. The summed E-state index contributed by atoms with van der Waals surface area (Å²) < 4.78 is 5.10. The van der Waals surface area contributed by atoms with Crippen LogP contribution in [0.3, 0.4) is 0 Å². The predicted molar refractivity (Wildman–Crippen MR) is 109 cm³/mol. The standard InChI is InChI=1S/C19H27ClN2O4S/c1-4-5-13(2)21-17(23)12-26-19(25)16(10-11-27-3)22-18(24)14-6-8-15(20)9-7-14/h6-9,13,16H,4-5,10-12H2,1-3H3,(H,21,23)(H,22,24)/t13-,16-/m0/s1. The molecule has 2 atom stereocenters. The molecule has 0 aromatic heterocycles. The maximum absolute atomic E-state index is 12.3. The molecule has 27 heavy (non-hydrogen) atoms. The van der Waals surface area contributed by atoms with Gasteiger partial charge in [0.25, 0.3) is 11.8 Å². The van der Waals surface area contributed by atoms with Crippen LogP contribution >= 0.6 is 23.4 Å². The maximum atomic E-state index is 12.3. The van der Waals surface area contributed by atoms with Gasteiger partial charge in [0.15, 0.2) is 6.61 Å². The van der Waals surface area contributed by atoms with E-state index >= 15 is 0 Å². The fourth-order valence-electron chi connectivity index (χ4n) is 2.39. The molecule has 150 valence electrons. The molecule has 8 heteroatoms. The Morgan fingerprint density at radius 2 is 1.81 bits per heavy atom. The summed E-state index contributed by atoms with van der Waals surface area (Å²) in [5.41, 5.74) is 0.396. The van der Waals surface area contributed by atoms with Gasteiger partial charge >= 0.3 is 5.97 Å². The van der Waals surface area contributed by atoms with Gasteiger partial charge in [0.2, 0.25) is 0 Å². The van der Waals surface area contributed by atoms with Crippen molar-refractivity contribution >= 4 is 41.1 Å². The van der Waals surface area contributed by atoms with Crippen molar-refractivity contribution in [2.45, 2.75) is 45.2 Å². The lowest BCUT2D eigenvalue weighted by Gasteiger charge is -2.18. The van der Waals surface area contributed by atoms with Gasteiger partial charge in [0.1, 0.15) is 6.04 Å². The van der Waals surface area contributed by atoms with Gasteiger partial charge in [-0.25, -0.2) is 4.79 Å². The van der Waals surface area contributed by atoms with Crippen molar-refractivity contribution in [2.24, 2.45) is 0 Å². The van der Waals surface area contributed by atoms with Crippen molar-refractivity contribution < 1.29 is 19.1 Å². The molecule has 2 N–H and O–H groups in total. The first-order chi connectivity index (χ1) is 12.9. The largest absolute Gasteiger partial charge is 0.454 e. The van der Waals surface area contributed by atoms with E-state index in [1.54, 1.807) is 36.0 Å². The number of carbonyl (C=O) groups excluding carboxylic acids is 3. The Labute approximate surface area is 169 Å². The number of esters is 1. The summed E-state index contributed by atoms with van der Waals surface area (Å²) in [5.74, 6) is -0.697. The fraction of sp³-hybridized carbons (Fsp3) is 0.526. The summed E-state index contributed by atoms with van der Waals surface area (Å²) in [6.45, 7) is 3.57. The second-order valence-corrected chi connectivity index (χ2v) is 7.60. The molecule has 0 bridgehead atoms. The molecule has 0 heterocycles. The van der Waals surface area contributed by atoms with E-state index in [2.05, 4.69) is 10.6 Å². The zero-order valence-electron chi connectivity index (χ0n) is 15.9. The number of carbonyl (C=O) groups is 3. The molecule has 0 fully saturated rings. The first-order valence-corrected chi connectivity index (χ1v) is 10.7. The lowest BCUT2D eigenvalue weighted by Crippen LogP contribution is -2.44. The Morgan fingerprint density at radius 1 is 1.15 bits per heavy atom. The van der Waals surface area contributed by atoms with Gasteiger partial charge in [-0.3, -0.25) is 9.59 Å². The molecule has 1 aromatic rings. The summed E-state index contributed by atoms with van der Waals surface area (Å²) in [6.07, 6.45) is 4.13. The average molecular weight is 415 g/mol. The van der Waals surface area contributed by atoms with Crippen LogP contribution in [0, 0.1) is 0 Å². The zero-order chi connectivity index (χ0) is 20.2. The van der Waals surface area contributed by atoms with Gasteiger partial charge in [-0.2, -0.15) is 11.8 Å². The highest BCUT2D eigenvalue weighted by atomic mass is 35.5. The van der Waals surface area contributed by atoms with Crippen molar-refractivity contribution in [3.8, 4) is 0 Å². The van der Waals surface area contributed by atoms with Crippen molar-refractivity contribution in [1.82, 2.24) is 10.6 Å². The van der Waals surface area contributed by atoms with Gasteiger partial charge in [0.05, 0.1) is 0 Å². The molecular formula is C19H27ClN2O4S. The summed E-state index contributed by atoms with van der Waals surface area (Å²) in [5, 5.41) is 5.96. The van der Waals surface area contributed by atoms with E-state index in [9.17, 15) is 14.4 Å². The van der Waals surface area contributed by atoms with E-state index in [0.29, 0.717) is 22.8 Å². The third-order valence-corrected chi connectivity index (χ3v) is 4.68. The van der Waals surface area contributed by atoms with Crippen LogP contribution < -0.4 is 10.6 Å². The number of halogens is 1.